The van der Waals surface area contributed by atoms with E-state index in [2.05, 4.69) is 5.32 Å². The van der Waals surface area contributed by atoms with E-state index in [9.17, 15) is 17.6 Å². The number of hydrogen-bond acceptors (Lipinski definition) is 4. The molecule has 6 nitrogen and oxygen atoms in total. The van der Waals surface area contributed by atoms with Crippen LogP contribution >= 0.6 is 0 Å². The van der Waals surface area contributed by atoms with E-state index in [1.165, 1.54) is 26.3 Å². The van der Waals surface area contributed by atoms with E-state index in [1.54, 1.807) is 13.0 Å². The van der Waals surface area contributed by atoms with Crippen molar-refractivity contribution in [2.45, 2.75) is 13.0 Å². The molecule has 1 aromatic rings. The Kier molecular flexibility index (Phi) is 5.68. The minimum atomic E-state index is -3.42. The number of sulfonamides is 1. The third kappa shape index (κ3) is 4.98. The van der Waals surface area contributed by atoms with Crippen LogP contribution in [0.25, 0.3) is 0 Å². The molecule has 8 heteroatoms. The highest BCUT2D eigenvalue weighted by Gasteiger charge is 2.17. The van der Waals surface area contributed by atoms with Crippen LogP contribution in [-0.4, -0.2) is 45.6 Å². The standard InChI is InChI=1S/C13H19FN2O4S/c1-9(10-5-6-12(20-3)11(14)7-10)15-13(17)8-16(2)21(4,18)19/h5-7,9H,8H2,1-4H3,(H,15,17). The quantitative estimate of drug-likeness (QED) is 0.846. The first kappa shape index (κ1) is 17.4. The van der Waals surface area contributed by atoms with Crippen LogP contribution in [0.4, 0.5) is 4.39 Å². The van der Waals surface area contributed by atoms with Crippen LogP contribution in [0.2, 0.25) is 0 Å². The van der Waals surface area contributed by atoms with Crippen molar-refractivity contribution in [3.63, 3.8) is 0 Å². The second-order valence-corrected chi connectivity index (χ2v) is 6.79. The summed E-state index contributed by atoms with van der Waals surface area (Å²) in [5.74, 6) is -0.870. The molecule has 0 radical (unpaired) electrons. The molecule has 0 aromatic heterocycles. The van der Waals surface area contributed by atoms with E-state index >= 15 is 0 Å². The highest BCUT2D eigenvalue weighted by molar-refractivity contribution is 7.88. The number of hydrogen-bond donors (Lipinski definition) is 1. The summed E-state index contributed by atoms with van der Waals surface area (Å²) in [6.07, 6.45) is 1.02. The number of ether oxygens (including phenoxy) is 1. The Morgan fingerprint density at radius 2 is 2.10 bits per heavy atom. The molecule has 1 atom stereocenters. The predicted octanol–water partition coefficient (Wildman–Crippen LogP) is 0.903. The van der Waals surface area contributed by atoms with Crippen LogP contribution in [0.1, 0.15) is 18.5 Å². The zero-order chi connectivity index (χ0) is 16.2. The topological polar surface area (TPSA) is 75.7 Å². The molecule has 0 aliphatic carbocycles. The number of halogens is 1. The first-order valence-electron chi connectivity index (χ1n) is 6.19. The second-order valence-electron chi connectivity index (χ2n) is 4.70. The summed E-state index contributed by atoms with van der Waals surface area (Å²) in [7, 11) is -0.741. The van der Waals surface area contributed by atoms with Crippen molar-refractivity contribution < 1.29 is 22.3 Å². The van der Waals surface area contributed by atoms with Gasteiger partial charge in [0.05, 0.1) is 26.0 Å². The van der Waals surface area contributed by atoms with Gasteiger partial charge in [-0.25, -0.2) is 12.8 Å². The molecule has 0 saturated heterocycles. The number of benzene rings is 1. The van der Waals surface area contributed by atoms with Gasteiger partial charge in [-0.2, -0.15) is 4.31 Å². The Bertz CT molecular complexity index is 619. The molecule has 1 N–H and O–H groups in total. The fraction of sp³-hybridized carbons (Fsp3) is 0.462. The van der Waals surface area contributed by atoms with E-state index in [0.29, 0.717) is 5.56 Å². The Morgan fingerprint density at radius 3 is 2.57 bits per heavy atom. The van der Waals surface area contributed by atoms with Crippen LogP contribution in [0.5, 0.6) is 5.75 Å². The molecule has 0 fully saturated rings. The SMILES string of the molecule is COc1ccc(C(C)NC(=O)CN(C)S(C)(=O)=O)cc1F. The Morgan fingerprint density at radius 1 is 1.48 bits per heavy atom. The maximum Gasteiger partial charge on any atom is 0.235 e. The molecule has 1 unspecified atom stereocenters. The first-order valence-corrected chi connectivity index (χ1v) is 8.04. The molecule has 118 valence electrons. The number of carbonyl (C=O) groups excluding carboxylic acids is 1. The van der Waals surface area contributed by atoms with E-state index in [4.69, 9.17) is 4.74 Å². The van der Waals surface area contributed by atoms with Crippen molar-refractivity contribution in [1.82, 2.24) is 9.62 Å². The van der Waals surface area contributed by atoms with Gasteiger partial charge in [-0.3, -0.25) is 4.79 Å². The van der Waals surface area contributed by atoms with Gasteiger partial charge in [0.25, 0.3) is 0 Å². The summed E-state index contributed by atoms with van der Waals surface area (Å²) in [6, 6.07) is 3.92. The van der Waals surface area contributed by atoms with Gasteiger partial charge >= 0.3 is 0 Å². The van der Waals surface area contributed by atoms with Gasteiger partial charge in [0, 0.05) is 7.05 Å². The fourth-order valence-corrected chi connectivity index (χ4v) is 1.99. The number of rotatable bonds is 6. The highest BCUT2D eigenvalue weighted by Crippen LogP contribution is 2.21. The van der Waals surface area contributed by atoms with Crippen molar-refractivity contribution in [2.75, 3.05) is 27.0 Å². The number of carbonyl (C=O) groups is 1. The monoisotopic (exact) mass is 318 g/mol. The lowest BCUT2D eigenvalue weighted by atomic mass is 10.1. The van der Waals surface area contributed by atoms with Gasteiger partial charge in [0.2, 0.25) is 15.9 Å². The summed E-state index contributed by atoms with van der Waals surface area (Å²) in [4.78, 5) is 11.8. The normalized spacial score (nSPS) is 13.0. The average molecular weight is 318 g/mol. The Balaban J connectivity index is 2.71. The maximum atomic E-state index is 13.6. The second kappa shape index (κ2) is 6.86. The summed E-state index contributed by atoms with van der Waals surface area (Å²) >= 11 is 0. The first-order chi connectivity index (χ1) is 9.65. The third-order valence-electron chi connectivity index (χ3n) is 2.99. The van der Waals surface area contributed by atoms with Gasteiger partial charge in [-0.15, -0.1) is 0 Å². The lowest BCUT2D eigenvalue weighted by Crippen LogP contribution is -2.38. The number of nitrogens with zero attached hydrogens (tertiary/aromatic N) is 1. The molecule has 1 rings (SSSR count). The highest BCUT2D eigenvalue weighted by atomic mass is 32.2. The van der Waals surface area contributed by atoms with Crippen molar-refractivity contribution in [1.29, 1.82) is 0 Å². The minimum absolute atomic E-state index is 0.120. The van der Waals surface area contributed by atoms with E-state index < -0.39 is 27.8 Å². The van der Waals surface area contributed by atoms with Crippen LogP contribution < -0.4 is 10.1 Å². The van der Waals surface area contributed by atoms with Crippen molar-refractivity contribution in [3.05, 3.63) is 29.6 Å². The minimum Gasteiger partial charge on any atom is -0.494 e. The van der Waals surface area contributed by atoms with Crippen LogP contribution in [0, 0.1) is 5.82 Å². The van der Waals surface area contributed by atoms with Crippen molar-refractivity contribution >= 4 is 15.9 Å². The van der Waals surface area contributed by atoms with Crippen molar-refractivity contribution in [2.24, 2.45) is 0 Å². The smallest absolute Gasteiger partial charge is 0.235 e. The number of nitrogens with one attached hydrogen (secondary N) is 1. The summed E-state index contributed by atoms with van der Waals surface area (Å²) in [5, 5.41) is 2.61. The summed E-state index contributed by atoms with van der Waals surface area (Å²) < 4.78 is 41.8. The van der Waals surface area contributed by atoms with Crippen molar-refractivity contribution in [3.8, 4) is 5.75 Å². The molecule has 1 aromatic carbocycles. The average Bonchev–Trinajstić information content (AvgIpc) is 2.37. The molecular weight excluding hydrogens is 299 g/mol. The fourth-order valence-electron chi connectivity index (χ4n) is 1.64. The zero-order valence-electron chi connectivity index (χ0n) is 12.4. The van der Waals surface area contributed by atoms with Crippen LogP contribution in [0.15, 0.2) is 18.2 Å². The molecule has 0 aliphatic rings. The van der Waals surface area contributed by atoms with E-state index in [1.807, 2.05) is 0 Å². The van der Waals surface area contributed by atoms with Gasteiger partial charge in [-0.05, 0) is 24.6 Å². The molecule has 0 spiro atoms. The molecule has 0 aliphatic heterocycles. The van der Waals surface area contributed by atoms with Gasteiger partial charge in [-0.1, -0.05) is 6.07 Å². The maximum absolute atomic E-state index is 13.6. The number of likely N-dealkylation sites (N-methyl/N-ethyl adjacent to an activating group) is 1. The molecule has 0 heterocycles. The Hall–Kier alpha value is -1.67. The van der Waals surface area contributed by atoms with Gasteiger partial charge in [0.15, 0.2) is 11.6 Å². The largest absolute Gasteiger partial charge is 0.494 e. The molecule has 1 amide bonds. The van der Waals surface area contributed by atoms with Crippen LogP contribution in [0.3, 0.4) is 0 Å². The summed E-state index contributed by atoms with van der Waals surface area (Å²) in [6.45, 7) is 1.39. The Labute approximate surface area is 123 Å². The predicted molar refractivity (Wildman–Crippen MR) is 77.0 cm³/mol. The molecular formula is C13H19FN2O4S. The lowest BCUT2D eigenvalue weighted by Gasteiger charge is -2.18. The zero-order valence-corrected chi connectivity index (χ0v) is 13.2. The molecule has 0 saturated carbocycles. The summed E-state index contributed by atoms with van der Waals surface area (Å²) in [5.41, 5.74) is 0.559. The number of amides is 1. The molecule has 0 bridgehead atoms. The number of methoxy groups -OCH3 is 1. The molecule has 21 heavy (non-hydrogen) atoms. The van der Waals surface area contributed by atoms with E-state index in [-0.39, 0.29) is 12.3 Å². The lowest BCUT2D eigenvalue weighted by molar-refractivity contribution is -0.121. The van der Waals surface area contributed by atoms with E-state index in [0.717, 1.165) is 10.6 Å². The van der Waals surface area contributed by atoms with Gasteiger partial charge < -0.3 is 10.1 Å². The van der Waals surface area contributed by atoms with Gasteiger partial charge in [0.1, 0.15) is 0 Å². The van der Waals surface area contributed by atoms with Crippen LogP contribution in [-0.2, 0) is 14.8 Å². The third-order valence-corrected chi connectivity index (χ3v) is 4.25.